The first-order valence-electron chi connectivity index (χ1n) is 8.69. The molecule has 1 aromatic carbocycles. The topological polar surface area (TPSA) is 81.0 Å². The van der Waals surface area contributed by atoms with Crippen LogP contribution in [-0.4, -0.2) is 32.7 Å². The van der Waals surface area contributed by atoms with Crippen LogP contribution in [0, 0.1) is 0 Å². The molecule has 3 aromatic rings. The molecule has 26 heavy (non-hydrogen) atoms. The number of carbonyl (C=O) groups excluding carboxylic acids is 2. The molecule has 0 bridgehead atoms. The number of hydrogen-bond donors (Lipinski definition) is 3. The Morgan fingerprint density at radius 1 is 0.962 bits per heavy atom. The Bertz CT molecular complexity index is 879. The maximum absolute atomic E-state index is 12.7. The van der Waals surface area contributed by atoms with Gasteiger partial charge in [-0.25, -0.2) is 0 Å². The summed E-state index contributed by atoms with van der Waals surface area (Å²) in [4.78, 5) is 32.5. The van der Waals surface area contributed by atoms with Crippen LogP contribution in [0.25, 0.3) is 0 Å². The van der Waals surface area contributed by atoms with Crippen LogP contribution in [0.1, 0.15) is 39.4 Å². The lowest BCUT2D eigenvalue weighted by atomic mass is 10.1. The zero-order valence-electron chi connectivity index (χ0n) is 14.2. The van der Waals surface area contributed by atoms with E-state index in [9.17, 15) is 9.59 Å². The highest BCUT2D eigenvalue weighted by Crippen LogP contribution is 2.29. The minimum absolute atomic E-state index is 0.0293. The second-order valence-electron chi connectivity index (χ2n) is 6.48. The molecule has 2 amide bonds. The Labute approximate surface area is 151 Å². The minimum Gasteiger partial charge on any atom is -0.357 e. The molecule has 3 N–H and O–H groups in total. The number of aromatic nitrogens is 2. The molecule has 4 rings (SSSR count). The summed E-state index contributed by atoms with van der Waals surface area (Å²) in [7, 11) is 0. The van der Waals surface area contributed by atoms with E-state index in [2.05, 4.69) is 15.3 Å². The summed E-state index contributed by atoms with van der Waals surface area (Å²) >= 11 is 0. The molecule has 2 aromatic heterocycles. The van der Waals surface area contributed by atoms with E-state index < -0.39 is 0 Å². The highest BCUT2D eigenvalue weighted by atomic mass is 16.2. The molecule has 1 aliphatic carbocycles. The number of nitrogens with zero attached hydrogens (tertiary/aromatic N) is 1. The Morgan fingerprint density at radius 3 is 2.19 bits per heavy atom. The van der Waals surface area contributed by atoms with Crippen molar-refractivity contribution in [3.8, 4) is 0 Å². The molecule has 2 heterocycles. The molecule has 1 fully saturated rings. The van der Waals surface area contributed by atoms with Crippen molar-refractivity contribution >= 4 is 17.5 Å². The van der Waals surface area contributed by atoms with Crippen LogP contribution < -0.4 is 5.32 Å². The van der Waals surface area contributed by atoms with Gasteiger partial charge in [0.25, 0.3) is 11.8 Å². The van der Waals surface area contributed by atoms with Crippen LogP contribution in [0.4, 0.5) is 5.69 Å². The summed E-state index contributed by atoms with van der Waals surface area (Å²) in [6.45, 7) is 0.563. The Kier molecular flexibility index (Phi) is 4.31. The summed E-state index contributed by atoms with van der Waals surface area (Å²) in [6, 6.07) is 15.1. The van der Waals surface area contributed by atoms with Gasteiger partial charge in [-0.3, -0.25) is 9.59 Å². The fraction of sp³-hybridized carbons (Fsp3) is 0.200. The van der Waals surface area contributed by atoms with Crippen molar-refractivity contribution in [3.05, 3.63) is 77.9 Å². The maximum atomic E-state index is 12.7. The minimum atomic E-state index is -0.177. The lowest BCUT2D eigenvalue weighted by Crippen LogP contribution is -2.32. The van der Waals surface area contributed by atoms with E-state index >= 15 is 0 Å². The first-order chi connectivity index (χ1) is 12.7. The van der Waals surface area contributed by atoms with Gasteiger partial charge in [0.15, 0.2) is 0 Å². The third-order valence-electron chi connectivity index (χ3n) is 4.48. The fourth-order valence-corrected chi connectivity index (χ4v) is 2.93. The predicted octanol–water partition coefficient (Wildman–Crippen LogP) is 3.40. The molecule has 0 atom stereocenters. The van der Waals surface area contributed by atoms with Crippen LogP contribution in [-0.2, 0) is 6.54 Å². The van der Waals surface area contributed by atoms with Crippen LogP contribution in [0.3, 0.4) is 0 Å². The second-order valence-corrected chi connectivity index (χ2v) is 6.48. The molecule has 0 spiro atoms. The van der Waals surface area contributed by atoms with Crippen molar-refractivity contribution in [3.63, 3.8) is 0 Å². The molecular weight excluding hydrogens is 328 g/mol. The van der Waals surface area contributed by atoms with Crippen molar-refractivity contribution in [2.45, 2.75) is 25.4 Å². The highest BCUT2D eigenvalue weighted by molar-refractivity contribution is 6.02. The van der Waals surface area contributed by atoms with Gasteiger partial charge in [-0.05, 0) is 54.8 Å². The number of hydrogen-bond acceptors (Lipinski definition) is 2. The van der Waals surface area contributed by atoms with E-state index in [0.717, 1.165) is 24.1 Å². The predicted molar refractivity (Wildman–Crippen MR) is 98.9 cm³/mol. The van der Waals surface area contributed by atoms with E-state index in [-0.39, 0.29) is 11.8 Å². The molecule has 6 heteroatoms. The molecule has 1 saturated carbocycles. The van der Waals surface area contributed by atoms with Crippen molar-refractivity contribution in [1.82, 2.24) is 14.9 Å². The van der Waals surface area contributed by atoms with Crippen molar-refractivity contribution in [2.75, 3.05) is 5.32 Å². The normalized spacial score (nSPS) is 13.4. The van der Waals surface area contributed by atoms with Crippen LogP contribution >= 0.6 is 0 Å². The summed E-state index contributed by atoms with van der Waals surface area (Å²) in [5.74, 6) is -0.147. The number of anilines is 1. The largest absolute Gasteiger partial charge is 0.357 e. The molecule has 0 radical (unpaired) electrons. The van der Waals surface area contributed by atoms with Gasteiger partial charge >= 0.3 is 0 Å². The summed E-state index contributed by atoms with van der Waals surface area (Å²) < 4.78 is 0. The number of rotatable bonds is 6. The molecular formula is C20H20N4O2. The average Bonchev–Trinajstić information content (AvgIpc) is 3.14. The third kappa shape index (κ3) is 3.54. The first kappa shape index (κ1) is 16.2. The zero-order valence-corrected chi connectivity index (χ0v) is 14.2. The molecule has 0 saturated heterocycles. The summed E-state index contributed by atoms with van der Waals surface area (Å²) in [6.07, 6.45) is 5.58. The standard InChI is InChI=1S/C20H20N4O2/c25-19(17-3-1-11-21-17)23-15-7-5-14(6-8-15)13-24(16-9-10-16)20(26)18-4-2-12-22-18/h1-8,11-12,16,21-22H,9-10,13H2,(H,23,25). The Morgan fingerprint density at radius 2 is 1.62 bits per heavy atom. The Hall–Kier alpha value is -3.28. The monoisotopic (exact) mass is 348 g/mol. The lowest BCUT2D eigenvalue weighted by molar-refractivity contribution is 0.0724. The zero-order chi connectivity index (χ0) is 17.9. The molecule has 1 aliphatic rings. The Balaban J connectivity index is 1.43. The van der Waals surface area contributed by atoms with E-state index in [1.807, 2.05) is 35.2 Å². The van der Waals surface area contributed by atoms with Gasteiger partial charge in [-0.2, -0.15) is 0 Å². The van der Waals surface area contributed by atoms with E-state index in [1.165, 1.54) is 0 Å². The first-order valence-corrected chi connectivity index (χ1v) is 8.69. The number of aromatic amines is 2. The van der Waals surface area contributed by atoms with Gasteiger partial charge in [0.1, 0.15) is 11.4 Å². The van der Waals surface area contributed by atoms with E-state index in [1.54, 1.807) is 30.6 Å². The number of carbonyl (C=O) groups is 2. The third-order valence-corrected chi connectivity index (χ3v) is 4.48. The molecule has 0 unspecified atom stereocenters. The van der Waals surface area contributed by atoms with Crippen LogP contribution in [0.15, 0.2) is 60.9 Å². The second kappa shape index (κ2) is 6.92. The highest BCUT2D eigenvalue weighted by Gasteiger charge is 2.33. The number of H-pyrrole nitrogens is 2. The van der Waals surface area contributed by atoms with Gasteiger partial charge in [0, 0.05) is 30.7 Å². The SMILES string of the molecule is O=C(Nc1ccc(CN(C(=O)c2ccc[nH]2)C2CC2)cc1)c1ccc[nH]1. The number of nitrogens with one attached hydrogen (secondary N) is 3. The van der Waals surface area contributed by atoms with E-state index in [4.69, 9.17) is 0 Å². The van der Waals surface area contributed by atoms with Crippen molar-refractivity contribution < 1.29 is 9.59 Å². The van der Waals surface area contributed by atoms with Gasteiger partial charge in [-0.15, -0.1) is 0 Å². The van der Waals surface area contributed by atoms with Crippen molar-refractivity contribution in [1.29, 1.82) is 0 Å². The van der Waals surface area contributed by atoms with Crippen molar-refractivity contribution in [2.24, 2.45) is 0 Å². The lowest BCUT2D eigenvalue weighted by Gasteiger charge is -2.22. The molecule has 6 nitrogen and oxygen atoms in total. The molecule has 0 aliphatic heterocycles. The summed E-state index contributed by atoms with van der Waals surface area (Å²) in [5.41, 5.74) is 2.90. The van der Waals surface area contributed by atoms with Gasteiger partial charge in [0.05, 0.1) is 0 Å². The van der Waals surface area contributed by atoms with E-state index in [0.29, 0.717) is 24.0 Å². The fourth-order valence-electron chi connectivity index (χ4n) is 2.93. The van der Waals surface area contributed by atoms with Crippen LogP contribution in [0.2, 0.25) is 0 Å². The molecule has 132 valence electrons. The average molecular weight is 348 g/mol. The van der Waals surface area contributed by atoms with Gasteiger partial charge < -0.3 is 20.2 Å². The maximum Gasteiger partial charge on any atom is 0.272 e. The van der Waals surface area contributed by atoms with Gasteiger partial charge in [-0.1, -0.05) is 12.1 Å². The number of benzene rings is 1. The summed E-state index contributed by atoms with van der Waals surface area (Å²) in [5, 5.41) is 2.85. The van der Waals surface area contributed by atoms with Gasteiger partial charge in [0.2, 0.25) is 0 Å². The smallest absolute Gasteiger partial charge is 0.272 e. The number of amides is 2. The van der Waals surface area contributed by atoms with Crippen LogP contribution in [0.5, 0.6) is 0 Å². The quantitative estimate of drug-likeness (QED) is 0.638.